The molecule has 0 bridgehead atoms. The fourth-order valence-electron chi connectivity index (χ4n) is 4.66. The van der Waals surface area contributed by atoms with Crippen molar-refractivity contribution in [3.05, 3.63) is 97.5 Å². The number of fused-ring (bicyclic) bond motifs is 1. The molecule has 3 aromatic carbocycles. The first-order chi connectivity index (χ1) is 20.3. The largest absolute Gasteiger partial charge is 0.489 e. The third-order valence-corrected chi connectivity index (χ3v) is 7.81. The van der Waals surface area contributed by atoms with E-state index in [0.29, 0.717) is 72.5 Å². The summed E-state index contributed by atoms with van der Waals surface area (Å²) in [6.07, 6.45) is 3.49. The molecule has 0 aliphatic heterocycles. The van der Waals surface area contributed by atoms with E-state index >= 15 is 0 Å². The summed E-state index contributed by atoms with van der Waals surface area (Å²) in [5, 5.41) is 15.3. The maximum absolute atomic E-state index is 11.9. The van der Waals surface area contributed by atoms with E-state index in [-0.39, 0.29) is 12.2 Å². The Morgan fingerprint density at radius 1 is 1.07 bits per heavy atom. The number of rotatable bonds is 8. The van der Waals surface area contributed by atoms with Gasteiger partial charge in [0.1, 0.15) is 29.3 Å². The lowest BCUT2D eigenvalue weighted by Crippen LogP contribution is -2.00. The van der Waals surface area contributed by atoms with Crippen molar-refractivity contribution in [1.29, 1.82) is 0 Å². The van der Waals surface area contributed by atoms with Gasteiger partial charge in [0.25, 0.3) is 0 Å². The summed E-state index contributed by atoms with van der Waals surface area (Å²) in [5.41, 5.74) is 3.73. The van der Waals surface area contributed by atoms with Crippen LogP contribution in [0.2, 0.25) is 15.1 Å². The zero-order valence-corrected chi connectivity index (χ0v) is 24.6. The molecule has 1 N–H and O–H groups in total. The van der Waals surface area contributed by atoms with Gasteiger partial charge in [0, 0.05) is 35.1 Å². The van der Waals surface area contributed by atoms with Crippen molar-refractivity contribution in [3.63, 3.8) is 0 Å². The Balaban J connectivity index is 1.24. The molecule has 2 heterocycles. The van der Waals surface area contributed by atoms with E-state index in [1.54, 1.807) is 42.5 Å². The highest BCUT2D eigenvalue weighted by atomic mass is 35.5. The predicted octanol–water partition coefficient (Wildman–Crippen LogP) is 8.95. The molecule has 1 aliphatic rings. The van der Waals surface area contributed by atoms with E-state index in [9.17, 15) is 9.90 Å². The molecule has 10 heteroatoms. The first kappa shape index (κ1) is 28.2. The number of carboxylic acids is 1. The summed E-state index contributed by atoms with van der Waals surface area (Å²) in [6.45, 7) is 2.18. The molecule has 0 atom stereocenters. The number of benzene rings is 3. The van der Waals surface area contributed by atoms with Crippen LogP contribution in [0.5, 0.6) is 5.75 Å². The molecular weight excluding hydrogens is 599 g/mol. The van der Waals surface area contributed by atoms with E-state index in [1.807, 2.05) is 6.92 Å². The zero-order chi connectivity index (χ0) is 29.4. The van der Waals surface area contributed by atoms with Gasteiger partial charge in [0.05, 0.1) is 26.2 Å². The fourth-order valence-corrected chi connectivity index (χ4v) is 5.46. The van der Waals surface area contributed by atoms with Crippen LogP contribution in [0.25, 0.3) is 22.4 Å². The molecule has 212 valence electrons. The smallest absolute Gasteiger partial charge is 0.338 e. The Morgan fingerprint density at radius 3 is 2.55 bits per heavy atom. The number of nitrogens with zero attached hydrogens (tertiary/aromatic N) is 2. The van der Waals surface area contributed by atoms with Gasteiger partial charge in [-0.25, -0.2) is 9.78 Å². The molecule has 1 aliphatic carbocycles. The van der Waals surface area contributed by atoms with Crippen LogP contribution in [-0.4, -0.2) is 21.2 Å². The zero-order valence-electron chi connectivity index (χ0n) is 22.3. The Bertz CT molecular complexity index is 1880. The van der Waals surface area contributed by atoms with Gasteiger partial charge in [-0.1, -0.05) is 64.8 Å². The van der Waals surface area contributed by atoms with E-state index in [4.69, 9.17) is 48.5 Å². The van der Waals surface area contributed by atoms with E-state index in [2.05, 4.69) is 22.0 Å². The van der Waals surface area contributed by atoms with E-state index < -0.39 is 5.97 Å². The standard InChI is InChI=1S/C32H23Cl3N2O5/c1-2-4-27-36-29-21(32(38)39)13-17(14-26(29)41-27)7-8-18-11-12-20(15-25(18)35)40-16-22-30(37-42-31(22)19-9-10-19)28-23(33)5-3-6-24(28)34/h3,5-6,11-15,19H,2,4,9-10,16H2,1H3,(H,38,39). The highest BCUT2D eigenvalue weighted by molar-refractivity contribution is 6.39. The fraction of sp³-hybridized carbons (Fsp3) is 0.219. The van der Waals surface area contributed by atoms with Crippen molar-refractivity contribution < 1.29 is 23.6 Å². The topological polar surface area (TPSA) is 98.6 Å². The maximum Gasteiger partial charge on any atom is 0.338 e. The Kier molecular flexibility index (Phi) is 7.87. The molecule has 7 nitrogen and oxygen atoms in total. The second-order valence-corrected chi connectivity index (χ2v) is 11.2. The highest BCUT2D eigenvalue weighted by Gasteiger charge is 2.33. The van der Waals surface area contributed by atoms with Crippen LogP contribution in [-0.2, 0) is 13.0 Å². The molecular formula is C32H23Cl3N2O5. The average molecular weight is 622 g/mol. The molecule has 0 amide bonds. The van der Waals surface area contributed by atoms with Gasteiger partial charge in [-0.2, -0.15) is 0 Å². The van der Waals surface area contributed by atoms with Crippen molar-refractivity contribution >= 4 is 51.9 Å². The minimum atomic E-state index is -1.10. The SMILES string of the molecule is CCCc1nc2c(C(=O)O)cc(C#Cc3ccc(OCc4c(-c5c(Cl)cccc5Cl)noc4C4CC4)cc3Cl)cc2o1. The second kappa shape index (κ2) is 11.7. The van der Waals surface area contributed by atoms with Gasteiger partial charge < -0.3 is 18.8 Å². The minimum absolute atomic E-state index is 0.0366. The summed E-state index contributed by atoms with van der Waals surface area (Å²) < 4.78 is 17.6. The summed E-state index contributed by atoms with van der Waals surface area (Å²) in [6, 6.07) is 13.7. The van der Waals surface area contributed by atoms with Gasteiger partial charge in [-0.05, 0) is 55.7 Å². The summed E-state index contributed by atoms with van der Waals surface area (Å²) in [5.74, 6) is 7.01. The normalized spacial score (nSPS) is 12.8. The van der Waals surface area contributed by atoms with Crippen LogP contribution in [0.4, 0.5) is 0 Å². The number of aromatic carboxylic acids is 1. The van der Waals surface area contributed by atoms with Crippen LogP contribution in [0.15, 0.2) is 57.5 Å². The van der Waals surface area contributed by atoms with Crippen molar-refractivity contribution in [3.8, 4) is 28.8 Å². The Labute approximate surface area is 256 Å². The lowest BCUT2D eigenvalue weighted by molar-refractivity contribution is 0.0698. The van der Waals surface area contributed by atoms with Crippen molar-refractivity contribution in [1.82, 2.24) is 10.1 Å². The Morgan fingerprint density at radius 2 is 1.86 bits per heavy atom. The van der Waals surface area contributed by atoms with Crippen LogP contribution < -0.4 is 4.74 Å². The van der Waals surface area contributed by atoms with Gasteiger partial charge in [-0.3, -0.25) is 0 Å². The van der Waals surface area contributed by atoms with E-state index in [0.717, 1.165) is 30.6 Å². The van der Waals surface area contributed by atoms with Gasteiger partial charge >= 0.3 is 5.97 Å². The lowest BCUT2D eigenvalue weighted by Gasteiger charge is -2.10. The second-order valence-electron chi connectivity index (χ2n) is 9.96. The summed E-state index contributed by atoms with van der Waals surface area (Å²) >= 11 is 19.5. The monoisotopic (exact) mass is 620 g/mol. The average Bonchev–Trinajstić information content (AvgIpc) is 3.59. The summed E-state index contributed by atoms with van der Waals surface area (Å²) in [4.78, 5) is 16.2. The van der Waals surface area contributed by atoms with E-state index in [1.165, 1.54) is 6.07 Å². The molecule has 6 rings (SSSR count). The summed E-state index contributed by atoms with van der Waals surface area (Å²) in [7, 11) is 0. The molecule has 2 aromatic heterocycles. The number of ether oxygens (including phenoxy) is 1. The highest BCUT2D eigenvalue weighted by Crippen LogP contribution is 2.46. The third-order valence-electron chi connectivity index (χ3n) is 6.86. The maximum atomic E-state index is 11.9. The van der Waals surface area contributed by atoms with Gasteiger partial charge in [0.15, 0.2) is 11.5 Å². The number of aromatic nitrogens is 2. The quantitative estimate of drug-likeness (QED) is 0.173. The first-order valence-corrected chi connectivity index (χ1v) is 14.5. The predicted molar refractivity (Wildman–Crippen MR) is 161 cm³/mol. The molecule has 0 unspecified atom stereocenters. The Hall–Kier alpha value is -3.96. The van der Waals surface area contributed by atoms with Crippen LogP contribution in [0.1, 0.15) is 70.8 Å². The van der Waals surface area contributed by atoms with Gasteiger partial charge in [0.2, 0.25) is 0 Å². The molecule has 1 saturated carbocycles. The van der Waals surface area contributed by atoms with Crippen LogP contribution in [0, 0.1) is 11.8 Å². The number of hydrogen-bond acceptors (Lipinski definition) is 6. The van der Waals surface area contributed by atoms with Crippen LogP contribution >= 0.6 is 34.8 Å². The minimum Gasteiger partial charge on any atom is -0.489 e. The number of hydrogen-bond donors (Lipinski definition) is 1. The lowest BCUT2D eigenvalue weighted by atomic mass is 10.0. The molecule has 0 radical (unpaired) electrons. The van der Waals surface area contributed by atoms with Crippen molar-refractivity contribution in [2.45, 2.75) is 45.1 Å². The molecule has 1 fully saturated rings. The van der Waals surface area contributed by atoms with Crippen molar-refractivity contribution in [2.24, 2.45) is 0 Å². The molecule has 5 aromatic rings. The number of oxazole rings is 1. The molecule has 42 heavy (non-hydrogen) atoms. The third kappa shape index (κ3) is 5.71. The molecule has 0 spiro atoms. The number of carbonyl (C=O) groups is 1. The number of aryl methyl sites for hydroxylation is 1. The molecule has 0 saturated heterocycles. The number of carboxylic acid groups (broad SMARTS) is 1. The number of halogens is 3. The van der Waals surface area contributed by atoms with Gasteiger partial charge in [-0.15, -0.1) is 0 Å². The van der Waals surface area contributed by atoms with Crippen LogP contribution in [0.3, 0.4) is 0 Å². The van der Waals surface area contributed by atoms with Crippen molar-refractivity contribution in [2.75, 3.05) is 0 Å². The first-order valence-electron chi connectivity index (χ1n) is 13.4.